The molecule has 0 aliphatic carbocycles. The van der Waals surface area contributed by atoms with Crippen molar-refractivity contribution < 1.29 is 28.1 Å². The highest BCUT2D eigenvalue weighted by Gasteiger charge is 2.48. The first-order valence-electron chi connectivity index (χ1n) is 9.75. The number of hydrogen-bond donors (Lipinski definition) is 4. The summed E-state index contributed by atoms with van der Waals surface area (Å²) in [4.78, 5) is 25.3. The number of terminal acetylenes is 1. The van der Waals surface area contributed by atoms with E-state index in [0.717, 1.165) is 0 Å². The Kier molecular flexibility index (Phi) is 6.54. The summed E-state index contributed by atoms with van der Waals surface area (Å²) in [5.41, 5.74) is -0.441. The molecule has 0 spiro atoms. The molecule has 2 aliphatic rings. The summed E-state index contributed by atoms with van der Waals surface area (Å²) in [6.45, 7) is 5.92. The van der Waals surface area contributed by atoms with Gasteiger partial charge in [0, 0.05) is 29.9 Å². The molecule has 1 aromatic rings. The first kappa shape index (κ1) is 24.0. The summed E-state index contributed by atoms with van der Waals surface area (Å²) < 4.78 is 40.6. The van der Waals surface area contributed by atoms with Crippen molar-refractivity contribution in [2.45, 2.75) is 39.7 Å². The monoisotopic (exact) mass is 479 g/mol. The predicted octanol–water partition coefficient (Wildman–Crippen LogP) is 2.01. The summed E-state index contributed by atoms with van der Waals surface area (Å²) in [5.74, 6) is 1.55. The van der Waals surface area contributed by atoms with E-state index in [0.29, 0.717) is 19.4 Å². The molecule has 0 bridgehead atoms. The van der Waals surface area contributed by atoms with Crippen LogP contribution in [0.4, 0.5) is 11.4 Å². The van der Waals surface area contributed by atoms with Crippen LogP contribution in [-0.4, -0.2) is 48.0 Å². The van der Waals surface area contributed by atoms with Crippen LogP contribution in [0.15, 0.2) is 34.3 Å². The molecule has 2 aliphatic heterocycles. The Bertz CT molecular complexity index is 1130. The molecule has 0 radical (unpaired) electrons. The molecule has 3 atom stereocenters. The van der Waals surface area contributed by atoms with Crippen molar-refractivity contribution in [2.75, 3.05) is 16.6 Å². The standard InChI is InChI=1S/C20H25N4O6PS/c1-5-6-7-10-24-17(20(2,3)4)16(25)15(19(24)26)18-21-13-9-8-12(23-32(29)30)11-14(13)31(27,28)22-18/h1,8-9,11,17,23,25H,6-7,10H2,2-4H3,(H,29,30)(H2,21,22,27,28)/p-1. The molecule has 3 unspecified atom stereocenters. The Balaban J connectivity index is 2.03. The first-order valence-corrected chi connectivity index (χ1v) is 12.4. The van der Waals surface area contributed by atoms with Gasteiger partial charge in [-0.25, -0.2) is 0 Å². The normalized spacial score (nSPS) is 23.9. The Hall–Kier alpha value is -2.64. The molecule has 0 aromatic heterocycles. The lowest BCUT2D eigenvalue weighted by Crippen LogP contribution is -2.44. The molecule has 1 amide bonds. The van der Waals surface area contributed by atoms with E-state index < -0.39 is 36.2 Å². The summed E-state index contributed by atoms with van der Waals surface area (Å²) in [7, 11) is -4.37. The third-order valence-electron chi connectivity index (χ3n) is 5.08. The zero-order chi connectivity index (χ0) is 23.8. The van der Waals surface area contributed by atoms with E-state index in [-0.39, 0.29) is 33.8 Å². The van der Waals surface area contributed by atoms with Crippen LogP contribution >= 0.6 is 7.52 Å². The minimum atomic E-state index is -4.37. The topological polar surface area (TPSA) is 154 Å². The van der Waals surface area contributed by atoms with Crippen LogP contribution in [0.2, 0.25) is 0 Å². The van der Waals surface area contributed by atoms with E-state index in [1.54, 1.807) is 0 Å². The second-order valence-electron chi connectivity index (χ2n) is 8.52. The number of benzene rings is 1. The highest BCUT2D eigenvalue weighted by molar-refractivity contribution is 7.80. The molecule has 32 heavy (non-hydrogen) atoms. The molecule has 172 valence electrons. The van der Waals surface area contributed by atoms with Gasteiger partial charge in [-0.3, -0.25) is 13.6 Å². The minimum absolute atomic E-state index is 0.0818. The van der Waals surface area contributed by atoms with Gasteiger partial charge in [0.2, 0.25) is 0 Å². The molecule has 0 saturated heterocycles. The van der Waals surface area contributed by atoms with Crippen molar-refractivity contribution >= 4 is 47.2 Å². The number of aliphatic hydroxyl groups excluding tert-OH is 1. The first-order chi connectivity index (χ1) is 14.9. The van der Waals surface area contributed by atoms with Crippen molar-refractivity contribution in [3.05, 3.63) is 29.5 Å². The molecule has 2 heterocycles. The number of hydrogen-bond acceptors (Lipinski definition) is 6. The summed E-state index contributed by atoms with van der Waals surface area (Å²) in [6, 6.07) is 3.31. The molecular formula is C20H24N4O6PS-. The van der Waals surface area contributed by atoms with Crippen molar-refractivity contribution in [3.63, 3.8) is 0 Å². The van der Waals surface area contributed by atoms with Crippen LogP contribution < -0.4 is 15.3 Å². The maximum absolute atomic E-state index is 13.3. The van der Waals surface area contributed by atoms with Gasteiger partial charge >= 0.3 is 7.52 Å². The molecule has 10 nitrogen and oxygen atoms in total. The van der Waals surface area contributed by atoms with Crippen LogP contribution in [0, 0.1) is 17.8 Å². The Morgan fingerprint density at radius 2 is 2.12 bits per heavy atom. The summed E-state index contributed by atoms with van der Waals surface area (Å²) in [6.07, 6.45) is 6.31. The van der Waals surface area contributed by atoms with Crippen LogP contribution in [0.1, 0.15) is 33.6 Å². The fourth-order valence-electron chi connectivity index (χ4n) is 3.83. The quantitative estimate of drug-likeness (QED) is 0.211. The fraction of sp³-hybridized carbons (Fsp3) is 0.400. The van der Waals surface area contributed by atoms with E-state index in [9.17, 15) is 28.1 Å². The largest absolute Gasteiger partial charge is 0.755 e. The Morgan fingerprint density at radius 3 is 2.72 bits per heavy atom. The van der Waals surface area contributed by atoms with E-state index in [1.165, 1.54) is 23.1 Å². The van der Waals surface area contributed by atoms with Gasteiger partial charge in [-0.05, 0) is 30.0 Å². The van der Waals surface area contributed by atoms with Crippen molar-refractivity contribution in [1.29, 1.82) is 0 Å². The lowest BCUT2D eigenvalue weighted by atomic mass is 9.85. The van der Waals surface area contributed by atoms with Gasteiger partial charge in [0.05, 0.1) is 17.0 Å². The lowest BCUT2D eigenvalue weighted by molar-refractivity contribution is -0.128. The second-order valence-corrected chi connectivity index (χ2v) is 11.0. The second kappa shape index (κ2) is 8.71. The zero-order valence-corrected chi connectivity index (χ0v) is 19.5. The van der Waals surface area contributed by atoms with Gasteiger partial charge in [-0.1, -0.05) is 20.8 Å². The minimum Gasteiger partial charge on any atom is -0.755 e. The smallest absolute Gasteiger partial charge is 0.346 e. The van der Waals surface area contributed by atoms with Crippen LogP contribution in [0.5, 0.6) is 0 Å². The van der Waals surface area contributed by atoms with Crippen molar-refractivity contribution in [2.24, 2.45) is 10.2 Å². The zero-order valence-electron chi connectivity index (χ0n) is 17.8. The average molecular weight is 479 g/mol. The molecule has 4 N–H and O–H groups in total. The van der Waals surface area contributed by atoms with Gasteiger partial charge in [-0.15, -0.1) is 12.3 Å². The predicted molar refractivity (Wildman–Crippen MR) is 122 cm³/mol. The summed E-state index contributed by atoms with van der Waals surface area (Å²) in [5, 5.41) is 13.7. The molecular weight excluding hydrogens is 455 g/mol. The van der Waals surface area contributed by atoms with Crippen LogP contribution in [-0.2, 0) is 20.6 Å². The molecule has 0 saturated carbocycles. The molecule has 12 heteroatoms. The highest BCUT2D eigenvalue weighted by atomic mass is 32.2. The number of nitrogens with zero attached hydrogens (tertiary/aromatic N) is 2. The Labute approximate surface area is 188 Å². The number of amidine groups is 1. The number of unbranched alkanes of at least 4 members (excludes halogenated alkanes) is 1. The van der Waals surface area contributed by atoms with E-state index in [2.05, 4.69) is 20.7 Å². The number of carbonyl (C=O) groups excluding carboxylic acids is 1. The van der Waals surface area contributed by atoms with Crippen molar-refractivity contribution in [1.82, 2.24) is 4.90 Å². The highest BCUT2D eigenvalue weighted by Crippen LogP contribution is 2.48. The SMILES string of the molecule is C#CCCCN1C(=O)C(C2=NP(=O)(O)c3cc(NS(=O)[O-])ccc3N2)=C(O)C1C(C)(C)C. The maximum Gasteiger partial charge on any atom is 0.346 e. The van der Waals surface area contributed by atoms with Gasteiger partial charge in [0.25, 0.3) is 5.91 Å². The van der Waals surface area contributed by atoms with Crippen LogP contribution in [0.25, 0.3) is 0 Å². The van der Waals surface area contributed by atoms with E-state index in [4.69, 9.17) is 6.42 Å². The molecule has 1 aromatic carbocycles. The van der Waals surface area contributed by atoms with Gasteiger partial charge in [-0.2, -0.15) is 4.76 Å². The van der Waals surface area contributed by atoms with Gasteiger partial charge < -0.3 is 29.5 Å². The average Bonchev–Trinajstić information content (AvgIpc) is 2.91. The molecule has 0 fully saturated rings. The number of rotatable bonds is 6. The Morgan fingerprint density at radius 1 is 1.44 bits per heavy atom. The van der Waals surface area contributed by atoms with E-state index >= 15 is 0 Å². The third-order valence-corrected chi connectivity index (χ3v) is 6.95. The van der Waals surface area contributed by atoms with Crippen LogP contribution in [0.3, 0.4) is 0 Å². The maximum atomic E-state index is 13.3. The number of fused-ring (bicyclic) bond motifs is 1. The lowest BCUT2D eigenvalue weighted by Gasteiger charge is -2.35. The number of carbonyl (C=O) groups is 1. The fourth-order valence-corrected chi connectivity index (χ4v) is 5.43. The number of aliphatic hydroxyl groups is 1. The van der Waals surface area contributed by atoms with Crippen molar-refractivity contribution in [3.8, 4) is 12.3 Å². The van der Waals surface area contributed by atoms with Gasteiger partial charge in [0.1, 0.15) is 11.3 Å². The van der Waals surface area contributed by atoms with E-state index in [1.807, 2.05) is 20.8 Å². The summed E-state index contributed by atoms with van der Waals surface area (Å²) >= 11 is -2.61. The molecule has 3 rings (SSSR count). The number of amides is 1. The van der Waals surface area contributed by atoms with Gasteiger partial charge in [0.15, 0.2) is 5.84 Å². The number of anilines is 2. The third kappa shape index (κ3) is 4.59. The number of nitrogens with one attached hydrogen (secondary N) is 2.